The van der Waals surface area contributed by atoms with Gasteiger partial charge in [-0.3, -0.25) is 4.79 Å². The molecule has 0 unspecified atom stereocenters. The summed E-state index contributed by atoms with van der Waals surface area (Å²) in [5.74, 6) is -0.0683. The average molecular weight is 342 g/mol. The molecule has 2 heterocycles. The lowest BCUT2D eigenvalue weighted by Crippen LogP contribution is -2.09. The van der Waals surface area contributed by atoms with Crippen LogP contribution in [0.4, 0.5) is 0 Å². The monoisotopic (exact) mass is 342 g/mol. The van der Waals surface area contributed by atoms with E-state index in [1.807, 2.05) is 30.3 Å². The fourth-order valence-corrected chi connectivity index (χ4v) is 2.57. The number of hydrogen-bond acceptors (Lipinski definition) is 6. The largest absolute Gasteiger partial charge is 0.482 e. The number of carbonyl (C=O) groups excluding carboxylic acids is 1. The fourth-order valence-electron chi connectivity index (χ4n) is 1.96. The molecule has 0 saturated carbocycles. The van der Waals surface area contributed by atoms with Gasteiger partial charge in [0.2, 0.25) is 11.2 Å². The second-order valence-corrected chi connectivity index (χ2v) is 5.85. The highest BCUT2D eigenvalue weighted by Crippen LogP contribution is 2.13. The summed E-state index contributed by atoms with van der Waals surface area (Å²) in [6, 6.07) is 14.2. The van der Waals surface area contributed by atoms with Crippen LogP contribution in [0.1, 0.15) is 21.0 Å². The van der Waals surface area contributed by atoms with Gasteiger partial charge in [0, 0.05) is 6.07 Å². The second kappa shape index (κ2) is 7.61. The highest BCUT2D eigenvalue weighted by molar-refractivity contribution is 7.11. The average Bonchev–Trinajstić information content (AvgIpc) is 3.14. The molecule has 3 aromatic rings. The predicted octanol–water partition coefficient (Wildman–Crippen LogP) is 3.64. The first-order valence-corrected chi connectivity index (χ1v) is 8.09. The smallest absolute Gasteiger partial charge is 0.348 e. The molecule has 0 bridgehead atoms. The van der Waals surface area contributed by atoms with Crippen LogP contribution in [0.25, 0.3) is 0 Å². The number of carbonyl (C=O) groups is 1. The van der Waals surface area contributed by atoms with E-state index < -0.39 is 5.97 Å². The Morgan fingerprint density at radius 2 is 1.92 bits per heavy atom. The van der Waals surface area contributed by atoms with Crippen LogP contribution in [-0.2, 0) is 18.0 Å². The van der Waals surface area contributed by atoms with Gasteiger partial charge in [0.15, 0.2) is 0 Å². The van der Waals surface area contributed by atoms with Crippen LogP contribution in [0, 0.1) is 0 Å². The lowest BCUT2D eigenvalue weighted by atomic mass is 10.2. The number of rotatable bonds is 6. The van der Waals surface area contributed by atoms with Gasteiger partial charge in [-0.05, 0) is 17.0 Å². The van der Waals surface area contributed by atoms with E-state index in [0.29, 0.717) is 4.88 Å². The summed E-state index contributed by atoms with van der Waals surface area (Å²) in [6.45, 7) is 0.170. The molecule has 0 saturated heterocycles. The maximum atomic E-state index is 12.0. The Labute approximate surface area is 142 Å². The Hall–Kier alpha value is -2.86. The van der Waals surface area contributed by atoms with Gasteiger partial charge in [-0.2, -0.15) is 0 Å². The van der Waals surface area contributed by atoms with Gasteiger partial charge in [0.1, 0.15) is 30.1 Å². The van der Waals surface area contributed by atoms with Crippen LogP contribution in [0.15, 0.2) is 69.4 Å². The molecule has 0 spiro atoms. The van der Waals surface area contributed by atoms with Crippen molar-refractivity contribution in [3.05, 3.63) is 86.6 Å². The topological polar surface area (TPSA) is 65.7 Å². The molecule has 0 aliphatic rings. The number of ether oxygens (including phenoxy) is 2. The predicted molar refractivity (Wildman–Crippen MR) is 89.2 cm³/mol. The molecule has 0 aliphatic carbocycles. The summed E-state index contributed by atoms with van der Waals surface area (Å²) in [4.78, 5) is 24.2. The highest BCUT2D eigenvalue weighted by Gasteiger charge is 2.10. The van der Waals surface area contributed by atoms with Gasteiger partial charge in [-0.1, -0.05) is 36.4 Å². The Kier molecular flexibility index (Phi) is 5.08. The first kappa shape index (κ1) is 16.0. The molecule has 0 aliphatic heterocycles. The van der Waals surface area contributed by atoms with Crippen LogP contribution in [-0.4, -0.2) is 5.97 Å². The van der Waals surface area contributed by atoms with E-state index >= 15 is 0 Å². The Morgan fingerprint density at radius 3 is 2.62 bits per heavy atom. The molecule has 0 atom stereocenters. The van der Waals surface area contributed by atoms with E-state index in [9.17, 15) is 9.59 Å². The number of benzene rings is 1. The summed E-state index contributed by atoms with van der Waals surface area (Å²) in [6.07, 6.45) is 1.24. The summed E-state index contributed by atoms with van der Waals surface area (Å²) >= 11 is 1.29. The minimum atomic E-state index is -0.447. The van der Waals surface area contributed by atoms with Crippen molar-refractivity contribution in [2.24, 2.45) is 0 Å². The standard InChI is InChI=1S/C18H14O5S/c19-15-9-14(11-23-18(20)17-7-4-8-24-17)21-12-16(15)22-10-13-5-2-1-3-6-13/h1-9,12H,10-11H2. The zero-order valence-corrected chi connectivity index (χ0v) is 13.5. The van der Waals surface area contributed by atoms with E-state index in [-0.39, 0.29) is 30.2 Å². The Morgan fingerprint density at radius 1 is 1.08 bits per heavy atom. The van der Waals surface area contributed by atoms with Crippen molar-refractivity contribution in [1.82, 2.24) is 0 Å². The van der Waals surface area contributed by atoms with Crippen molar-refractivity contribution >= 4 is 17.3 Å². The molecule has 122 valence electrons. The molecule has 0 fully saturated rings. The molecular weight excluding hydrogens is 328 g/mol. The van der Waals surface area contributed by atoms with Gasteiger partial charge in [-0.25, -0.2) is 4.79 Å². The molecule has 6 heteroatoms. The molecule has 1 aromatic carbocycles. The van der Waals surface area contributed by atoms with Crippen molar-refractivity contribution in [3.63, 3.8) is 0 Å². The summed E-state index contributed by atoms with van der Waals surface area (Å²) in [7, 11) is 0. The second-order valence-electron chi connectivity index (χ2n) is 4.90. The molecule has 0 N–H and O–H groups in total. The van der Waals surface area contributed by atoms with Crippen molar-refractivity contribution in [2.75, 3.05) is 0 Å². The van der Waals surface area contributed by atoms with Gasteiger partial charge >= 0.3 is 5.97 Å². The fraction of sp³-hybridized carbons (Fsp3) is 0.111. The van der Waals surface area contributed by atoms with Crippen molar-refractivity contribution < 1.29 is 18.7 Å². The van der Waals surface area contributed by atoms with Crippen molar-refractivity contribution in [3.8, 4) is 5.75 Å². The third-order valence-corrected chi connectivity index (χ3v) is 4.01. The van der Waals surface area contributed by atoms with Crippen molar-refractivity contribution in [2.45, 2.75) is 13.2 Å². The summed E-state index contributed by atoms with van der Waals surface area (Å²) in [5.41, 5.74) is 0.630. The van der Waals surface area contributed by atoms with Gasteiger partial charge in [0.25, 0.3) is 0 Å². The molecule has 24 heavy (non-hydrogen) atoms. The summed E-state index contributed by atoms with van der Waals surface area (Å²) < 4.78 is 15.8. The van der Waals surface area contributed by atoms with E-state index in [4.69, 9.17) is 13.9 Å². The van der Waals surface area contributed by atoms with Crippen LogP contribution in [0.2, 0.25) is 0 Å². The number of hydrogen-bond donors (Lipinski definition) is 0. The van der Waals surface area contributed by atoms with Crippen LogP contribution < -0.4 is 10.2 Å². The van der Waals surface area contributed by atoms with Gasteiger partial charge < -0.3 is 13.9 Å². The normalized spacial score (nSPS) is 10.3. The van der Waals surface area contributed by atoms with Crippen LogP contribution in [0.5, 0.6) is 5.75 Å². The number of thiophene rings is 1. The SMILES string of the molecule is O=C(OCc1cc(=O)c(OCc2ccccc2)co1)c1cccs1. The van der Waals surface area contributed by atoms with Gasteiger partial charge in [-0.15, -0.1) is 11.3 Å². The maximum absolute atomic E-state index is 12.0. The quantitative estimate of drug-likeness (QED) is 0.640. The Bertz CT molecular complexity index is 853. The summed E-state index contributed by atoms with van der Waals surface area (Å²) in [5, 5.41) is 1.79. The van der Waals surface area contributed by atoms with E-state index in [0.717, 1.165) is 5.56 Å². The molecule has 3 rings (SSSR count). The van der Waals surface area contributed by atoms with E-state index in [2.05, 4.69) is 0 Å². The van der Waals surface area contributed by atoms with Crippen LogP contribution in [0.3, 0.4) is 0 Å². The van der Waals surface area contributed by atoms with Crippen molar-refractivity contribution in [1.29, 1.82) is 0 Å². The molecule has 0 radical (unpaired) electrons. The molecule has 0 amide bonds. The Balaban J connectivity index is 1.58. The lowest BCUT2D eigenvalue weighted by Gasteiger charge is -2.06. The van der Waals surface area contributed by atoms with E-state index in [1.54, 1.807) is 17.5 Å². The highest BCUT2D eigenvalue weighted by atomic mass is 32.1. The minimum Gasteiger partial charge on any atom is -0.482 e. The van der Waals surface area contributed by atoms with Gasteiger partial charge in [0.05, 0.1) is 0 Å². The zero-order chi connectivity index (χ0) is 16.8. The third-order valence-electron chi connectivity index (χ3n) is 3.16. The van der Waals surface area contributed by atoms with E-state index in [1.165, 1.54) is 23.7 Å². The zero-order valence-electron chi connectivity index (χ0n) is 12.6. The number of esters is 1. The first-order chi connectivity index (χ1) is 11.7. The lowest BCUT2D eigenvalue weighted by molar-refractivity contribution is 0.0448. The molecular formula is C18H14O5S. The maximum Gasteiger partial charge on any atom is 0.348 e. The van der Waals surface area contributed by atoms with Crippen LogP contribution >= 0.6 is 11.3 Å². The third kappa shape index (κ3) is 4.11. The first-order valence-electron chi connectivity index (χ1n) is 7.21. The molecule has 5 nitrogen and oxygen atoms in total. The minimum absolute atomic E-state index is 0.106. The molecule has 2 aromatic heterocycles.